The average Bonchev–Trinajstić information content (AvgIpc) is 3.45. The van der Waals surface area contributed by atoms with Crippen molar-refractivity contribution in [3.05, 3.63) is 91.0 Å². The maximum absolute atomic E-state index is 5.07. The molecule has 8 rings (SSSR count). The monoisotopic (exact) mass is 381 g/mol. The molecule has 3 heterocycles. The fourth-order valence-electron chi connectivity index (χ4n) is 5.49. The molecule has 0 unspecified atom stereocenters. The van der Waals surface area contributed by atoms with Gasteiger partial charge in [0.25, 0.3) is 0 Å². The van der Waals surface area contributed by atoms with Gasteiger partial charge < -0.3 is 0 Å². The predicted octanol–water partition coefficient (Wildman–Crippen LogP) is 6.79. The van der Waals surface area contributed by atoms with E-state index in [1.54, 1.807) is 0 Å². The van der Waals surface area contributed by atoms with Gasteiger partial charge in [-0.05, 0) is 34.4 Å². The summed E-state index contributed by atoms with van der Waals surface area (Å²) in [6.07, 6.45) is 0. The van der Waals surface area contributed by atoms with Gasteiger partial charge in [0.05, 0.1) is 27.6 Å². The minimum atomic E-state index is 0.984. The van der Waals surface area contributed by atoms with Crippen LogP contribution in [0.5, 0.6) is 0 Å². The number of hydrogen-bond acceptors (Lipinski definition) is 1. The number of aromatic nitrogens is 3. The third kappa shape index (κ3) is 1.52. The predicted molar refractivity (Wildman–Crippen MR) is 125 cm³/mol. The minimum Gasteiger partial charge on any atom is -0.276 e. The van der Waals surface area contributed by atoms with Crippen molar-refractivity contribution in [1.82, 2.24) is 13.8 Å². The van der Waals surface area contributed by atoms with E-state index in [1.165, 1.54) is 48.9 Å². The Morgan fingerprint density at radius 2 is 1.10 bits per heavy atom. The molecule has 5 aromatic carbocycles. The van der Waals surface area contributed by atoms with Gasteiger partial charge in [-0.2, -0.15) is 0 Å². The summed E-state index contributed by atoms with van der Waals surface area (Å²) in [4.78, 5) is 5.07. The number of rotatable bonds is 0. The second-order valence-electron chi connectivity index (χ2n) is 8.06. The van der Waals surface area contributed by atoms with E-state index in [-0.39, 0.29) is 0 Å². The fraction of sp³-hybridized carbons (Fsp3) is 0. The van der Waals surface area contributed by atoms with Crippen LogP contribution in [0, 0.1) is 0 Å². The van der Waals surface area contributed by atoms with Crippen molar-refractivity contribution in [3.8, 4) is 0 Å². The van der Waals surface area contributed by atoms with Crippen molar-refractivity contribution in [2.75, 3.05) is 0 Å². The van der Waals surface area contributed by atoms with E-state index in [9.17, 15) is 0 Å². The van der Waals surface area contributed by atoms with Crippen LogP contribution in [0.4, 0.5) is 0 Å². The first-order valence-electron chi connectivity index (χ1n) is 10.3. The number of benzene rings is 5. The molecule has 0 N–H and O–H groups in total. The number of imidazole rings is 2. The Labute approximate surface area is 170 Å². The molecule has 0 atom stereocenters. The molecule has 3 aromatic heterocycles. The quantitative estimate of drug-likeness (QED) is 0.265. The van der Waals surface area contributed by atoms with E-state index in [1.807, 2.05) is 0 Å². The summed E-state index contributed by atoms with van der Waals surface area (Å²) in [7, 11) is 0. The third-order valence-electron chi connectivity index (χ3n) is 6.62. The molecule has 0 aliphatic carbocycles. The van der Waals surface area contributed by atoms with Gasteiger partial charge in [-0.3, -0.25) is 8.80 Å². The minimum absolute atomic E-state index is 0.984. The first-order chi connectivity index (χ1) is 14.9. The van der Waals surface area contributed by atoms with Gasteiger partial charge in [-0.15, -0.1) is 0 Å². The molecule has 3 nitrogen and oxygen atoms in total. The van der Waals surface area contributed by atoms with Gasteiger partial charge in [0.2, 0.25) is 5.78 Å². The lowest BCUT2D eigenvalue weighted by atomic mass is 9.97. The Morgan fingerprint density at radius 3 is 1.97 bits per heavy atom. The zero-order valence-corrected chi connectivity index (χ0v) is 16.0. The SMILES string of the molecule is c1ccc2c(c1)nc1n2c2cccc3c4c5ccccc5c5ccccc5c4n1c32. The van der Waals surface area contributed by atoms with Crippen molar-refractivity contribution in [1.29, 1.82) is 0 Å². The summed E-state index contributed by atoms with van der Waals surface area (Å²) >= 11 is 0. The zero-order valence-electron chi connectivity index (χ0n) is 16.0. The molecule has 0 aliphatic heterocycles. The molecule has 0 spiro atoms. The summed E-state index contributed by atoms with van der Waals surface area (Å²) in [5.41, 5.74) is 5.90. The van der Waals surface area contributed by atoms with Crippen LogP contribution in [0.3, 0.4) is 0 Å². The molecule has 0 amide bonds. The van der Waals surface area contributed by atoms with Crippen LogP contribution in [0.1, 0.15) is 0 Å². The smallest absolute Gasteiger partial charge is 0.220 e. The first kappa shape index (κ1) is 14.8. The first-order valence-corrected chi connectivity index (χ1v) is 10.3. The van der Waals surface area contributed by atoms with Crippen LogP contribution in [-0.4, -0.2) is 13.8 Å². The van der Waals surface area contributed by atoms with Gasteiger partial charge in [0.1, 0.15) is 0 Å². The summed E-state index contributed by atoms with van der Waals surface area (Å²) in [6.45, 7) is 0. The highest BCUT2D eigenvalue weighted by Gasteiger charge is 2.23. The van der Waals surface area contributed by atoms with E-state index >= 15 is 0 Å². The molecule has 0 bridgehead atoms. The Kier molecular flexibility index (Phi) is 2.42. The Morgan fingerprint density at radius 1 is 0.467 bits per heavy atom. The van der Waals surface area contributed by atoms with Crippen molar-refractivity contribution >= 4 is 65.7 Å². The van der Waals surface area contributed by atoms with Crippen LogP contribution < -0.4 is 0 Å². The lowest BCUT2D eigenvalue weighted by molar-refractivity contribution is 1.22. The highest BCUT2D eigenvalue weighted by molar-refractivity contribution is 6.33. The van der Waals surface area contributed by atoms with Crippen LogP contribution in [0.25, 0.3) is 65.7 Å². The van der Waals surface area contributed by atoms with Crippen molar-refractivity contribution in [2.24, 2.45) is 0 Å². The fourth-order valence-corrected chi connectivity index (χ4v) is 5.49. The summed E-state index contributed by atoms with van der Waals surface area (Å²) in [6, 6.07) is 32.6. The Hall–Kier alpha value is -4.11. The number of hydrogen-bond donors (Lipinski definition) is 0. The van der Waals surface area contributed by atoms with Crippen molar-refractivity contribution < 1.29 is 0 Å². The average molecular weight is 381 g/mol. The summed E-state index contributed by atoms with van der Waals surface area (Å²) < 4.78 is 4.69. The zero-order chi connectivity index (χ0) is 19.4. The van der Waals surface area contributed by atoms with E-state index < -0.39 is 0 Å². The van der Waals surface area contributed by atoms with Gasteiger partial charge in [-0.25, -0.2) is 4.98 Å². The molecule has 8 aromatic rings. The highest BCUT2D eigenvalue weighted by Crippen LogP contribution is 2.43. The molecule has 0 saturated heterocycles. The van der Waals surface area contributed by atoms with E-state index in [0.29, 0.717) is 0 Å². The highest BCUT2D eigenvalue weighted by atomic mass is 15.2. The third-order valence-corrected chi connectivity index (χ3v) is 6.62. The molecule has 138 valence electrons. The topological polar surface area (TPSA) is 21.7 Å². The summed E-state index contributed by atoms with van der Waals surface area (Å²) in [5, 5.41) is 7.78. The van der Waals surface area contributed by atoms with Gasteiger partial charge in [-0.1, -0.05) is 72.8 Å². The largest absolute Gasteiger partial charge is 0.276 e. The van der Waals surface area contributed by atoms with E-state index in [0.717, 1.165) is 16.8 Å². The van der Waals surface area contributed by atoms with Crippen LogP contribution in [0.15, 0.2) is 91.0 Å². The second-order valence-corrected chi connectivity index (χ2v) is 8.06. The molecule has 0 radical (unpaired) electrons. The maximum Gasteiger partial charge on any atom is 0.220 e. The lowest BCUT2D eigenvalue weighted by Crippen LogP contribution is -1.87. The Balaban J connectivity index is 1.84. The Bertz CT molecular complexity index is 1950. The van der Waals surface area contributed by atoms with Crippen molar-refractivity contribution in [3.63, 3.8) is 0 Å². The molecule has 3 heteroatoms. The van der Waals surface area contributed by atoms with E-state index in [4.69, 9.17) is 4.98 Å². The standard InChI is InChI=1S/C27H15N3/c1-3-10-18-16(8-1)17-9-2-4-11-19(17)26-24(18)20-12-7-15-23-25(20)30(26)27-28-21-13-5-6-14-22(21)29(23)27/h1-15H. The van der Waals surface area contributed by atoms with Crippen molar-refractivity contribution in [2.45, 2.75) is 0 Å². The summed E-state index contributed by atoms with van der Waals surface area (Å²) in [5.74, 6) is 0.984. The maximum atomic E-state index is 5.07. The molecule has 30 heavy (non-hydrogen) atoms. The van der Waals surface area contributed by atoms with Gasteiger partial charge >= 0.3 is 0 Å². The lowest BCUT2D eigenvalue weighted by Gasteiger charge is -2.08. The second kappa shape index (κ2) is 4.89. The van der Waals surface area contributed by atoms with Crippen LogP contribution >= 0.6 is 0 Å². The molecule has 0 aliphatic rings. The number of nitrogens with zero attached hydrogens (tertiary/aromatic N) is 3. The number of para-hydroxylation sites is 3. The van der Waals surface area contributed by atoms with Crippen LogP contribution in [-0.2, 0) is 0 Å². The molecular formula is C27H15N3. The van der Waals surface area contributed by atoms with Gasteiger partial charge in [0, 0.05) is 16.2 Å². The molecule has 0 fully saturated rings. The van der Waals surface area contributed by atoms with E-state index in [2.05, 4.69) is 99.8 Å². The normalized spacial score (nSPS) is 12.7. The molecule has 0 saturated carbocycles. The van der Waals surface area contributed by atoms with Crippen LogP contribution in [0.2, 0.25) is 0 Å². The van der Waals surface area contributed by atoms with Gasteiger partial charge in [0.15, 0.2) is 0 Å². The number of fused-ring (bicyclic) bond motifs is 13. The molecular weight excluding hydrogens is 366 g/mol.